The molecule has 1 aliphatic rings. The number of halogens is 2. The summed E-state index contributed by atoms with van der Waals surface area (Å²) in [5, 5.41) is 0.0669. The van der Waals surface area contributed by atoms with Crippen molar-refractivity contribution >= 4 is 23.4 Å². The summed E-state index contributed by atoms with van der Waals surface area (Å²) in [4.78, 5) is 10.4. The first kappa shape index (κ1) is 14.0. The van der Waals surface area contributed by atoms with E-state index in [0.29, 0.717) is 19.0 Å². The van der Waals surface area contributed by atoms with Gasteiger partial charge in [-0.25, -0.2) is 9.37 Å². The highest BCUT2D eigenvalue weighted by atomic mass is 35.5. The summed E-state index contributed by atoms with van der Waals surface area (Å²) >= 11 is 5.86. The first-order chi connectivity index (χ1) is 10.1. The van der Waals surface area contributed by atoms with Crippen LogP contribution in [0.4, 0.5) is 16.2 Å². The maximum atomic E-state index is 13.3. The van der Waals surface area contributed by atoms with Gasteiger partial charge in [0.2, 0.25) is 5.95 Å². The molecule has 0 unspecified atom stereocenters. The first-order valence-electron chi connectivity index (χ1n) is 6.56. The Hall–Kier alpha value is -1.92. The number of hydrogen-bond acceptors (Lipinski definition) is 5. The fourth-order valence-corrected chi connectivity index (χ4v) is 2.45. The Morgan fingerprint density at radius 1 is 1.29 bits per heavy atom. The van der Waals surface area contributed by atoms with E-state index in [1.165, 1.54) is 6.07 Å². The number of aromatic nitrogens is 2. The molecular formula is C14H14ClFN4O. The van der Waals surface area contributed by atoms with E-state index in [1.807, 2.05) is 0 Å². The molecule has 0 saturated carbocycles. The van der Waals surface area contributed by atoms with Gasteiger partial charge in [-0.2, -0.15) is 4.98 Å². The van der Waals surface area contributed by atoms with Gasteiger partial charge < -0.3 is 15.4 Å². The molecule has 0 aliphatic carbocycles. The zero-order chi connectivity index (χ0) is 14.8. The molecule has 0 radical (unpaired) electrons. The number of nitrogen functional groups attached to an aromatic ring is 1. The molecule has 0 spiro atoms. The Bertz CT molecular complexity index is 661. The summed E-state index contributed by atoms with van der Waals surface area (Å²) in [5.41, 5.74) is 7.22. The average molecular weight is 309 g/mol. The number of morpholine rings is 1. The molecule has 110 valence electrons. The lowest BCUT2D eigenvalue weighted by Gasteiger charge is -2.29. The Morgan fingerprint density at radius 3 is 2.76 bits per heavy atom. The van der Waals surface area contributed by atoms with Gasteiger partial charge in [0.05, 0.1) is 18.2 Å². The van der Waals surface area contributed by atoms with Gasteiger partial charge in [-0.05, 0) is 17.7 Å². The normalized spacial score (nSPS) is 15.2. The Balaban J connectivity index is 2.06. The number of anilines is 2. The quantitative estimate of drug-likeness (QED) is 0.922. The molecule has 2 N–H and O–H groups in total. The summed E-state index contributed by atoms with van der Waals surface area (Å²) < 4.78 is 18.7. The number of rotatable bonds is 2. The molecule has 1 aliphatic heterocycles. The summed E-state index contributed by atoms with van der Waals surface area (Å²) in [7, 11) is 0. The predicted molar refractivity (Wildman–Crippen MR) is 79.9 cm³/mol. The third-order valence-electron chi connectivity index (χ3n) is 3.33. The van der Waals surface area contributed by atoms with Gasteiger partial charge in [0, 0.05) is 24.8 Å². The van der Waals surface area contributed by atoms with Crippen LogP contribution in [-0.4, -0.2) is 36.3 Å². The van der Waals surface area contributed by atoms with Crippen LogP contribution in [0, 0.1) is 5.82 Å². The highest BCUT2D eigenvalue weighted by molar-refractivity contribution is 6.31. The van der Waals surface area contributed by atoms with Gasteiger partial charge in [0.15, 0.2) is 0 Å². The second kappa shape index (κ2) is 5.83. The fraction of sp³-hybridized carbons (Fsp3) is 0.286. The van der Waals surface area contributed by atoms with Gasteiger partial charge >= 0.3 is 0 Å². The van der Waals surface area contributed by atoms with Crippen LogP contribution in [0.25, 0.3) is 11.1 Å². The van der Waals surface area contributed by atoms with E-state index in [0.717, 1.165) is 24.2 Å². The van der Waals surface area contributed by atoms with Crippen molar-refractivity contribution in [3.8, 4) is 11.1 Å². The van der Waals surface area contributed by atoms with Gasteiger partial charge in [0.25, 0.3) is 0 Å². The molecule has 7 heteroatoms. The third kappa shape index (κ3) is 2.91. The molecule has 1 aromatic heterocycles. The van der Waals surface area contributed by atoms with Crippen molar-refractivity contribution in [2.24, 2.45) is 0 Å². The van der Waals surface area contributed by atoms with E-state index in [2.05, 4.69) is 14.9 Å². The minimum atomic E-state index is -0.454. The van der Waals surface area contributed by atoms with Crippen molar-refractivity contribution in [2.45, 2.75) is 0 Å². The van der Waals surface area contributed by atoms with E-state index in [4.69, 9.17) is 22.1 Å². The average Bonchev–Trinajstić information content (AvgIpc) is 2.51. The molecule has 2 heterocycles. The molecular weight excluding hydrogens is 295 g/mol. The van der Waals surface area contributed by atoms with E-state index < -0.39 is 5.82 Å². The molecule has 3 rings (SSSR count). The number of ether oxygens (including phenoxy) is 1. The largest absolute Gasteiger partial charge is 0.378 e. The van der Waals surface area contributed by atoms with Crippen LogP contribution in [0.1, 0.15) is 0 Å². The maximum absolute atomic E-state index is 13.3. The van der Waals surface area contributed by atoms with Crippen LogP contribution in [0.3, 0.4) is 0 Å². The first-order valence-corrected chi connectivity index (χ1v) is 6.93. The summed E-state index contributed by atoms with van der Waals surface area (Å²) in [6, 6.07) is 4.55. The number of nitrogens with zero attached hydrogens (tertiary/aromatic N) is 3. The van der Waals surface area contributed by atoms with Crippen LogP contribution < -0.4 is 10.6 Å². The number of benzene rings is 1. The van der Waals surface area contributed by atoms with E-state index in [-0.39, 0.29) is 11.0 Å². The molecule has 5 nitrogen and oxygen atoms in total. The molecule has 0 bridgehead atoms. The maximum Gasteiger partial charge on any atom is 0.221 e. The standard InChI is InChI=1S/C14H14ClFN4O/c15-11-7-9(1-2-12(11)16)10-8-18-14(17)19-13(10)20-3-5-21-6-4-20/h1-2,7-8H,3-6H2,(H2,17,18,19). The minimum absolute atomic E-state index is 0.0669. The smallest absolute Gasteiger partial charge is 0.221 e. The van der Waals surface area contributed by atoms with E-state index in [1.54, 1.807) is 18.3 Å². The zero-order valence-electron chi connectivity index (χ0n) is 11.2. The summed E-state index contributed by atoms with van der Waals surface area (Å²) in [6.45, 7) is 2.71. The molecule has 0 amide bonds. The van der Waals surface area contributed by atoms with Crippen molar-refractivity contribution < 1.29 is 9.13 Å². The Morgan fingerprint density at radius 2 is 2.05 bits per heavy atom. The van der Waals surface area contributed by atoms with Crippen LogP contribution >= 0.6 is 11.6 Å². The van der Waals surface area contributed by atoms with Crippen molar-refractivity contribution in [1.29, 1.82) is 0 Å². The molecule has 1 aromatic carbocycles. The lowest BCUT2D eigenvalue weighted by molar-refractivity contribution is 0.122. The second-order valence-corrected chi connectivity index (χ2v) is 5.10. The molecule has 0 atom stereocenters. The highest BCUT2D eigenvalue weighted by Gasteiger charge is 2.18. The SMILES string of the molecule is Nc1ncc(-c2ccc(F)c(Cl)c2)c(N2CCOCC2)n1. The van der Waals surface area contributed by atoms with Crippen molar-refractivity contribution in [3.63, 3.8) is 0 Å². The van der Waals surface area contributed by atoms with Crippen LogP contribution in [0.15, 0.2) is 24.4 Å². The van der Waals surface area contributed by atoms with Gasteiger partial charge in [-0.1, -0.05) is 17.7 Å². The number of nitrogens with two attached hydrogens (primary N) is 1. The predicted octanol–water partition coefficient (Wildman–Crippen LogP) is 2.35. The second-order valence-electron chi connectivity index (χ2n) is 4.69. The molecule has 1 saturated heterocycles. The van der Waals surface area contributed by atoms with E-state index in [9.17, 15) is 4.39 Å². The van der Waals surface area contributed by atoms with Crippen molar-refractivity contribution in [3.05, 3.63) is 35.2 Å². The van der Waals surface area contributed by atoms with Crippen LogP contribution in [0.2, 0.25) is 5.02 Å². The lowest BCUT2D eigenvalue weighted by atomic mass is 10.1. The van der Waals surface area contributed by atoms with Gasteiger partial charge in [-0.3, -0.25) is 0 Å². The summed E-state index contributed by atoms with van der Waals surface area (Å²) in [5.74, 6) is 0.464. The highest BCUT2D eigenvalue weighted by Crippen LogP contribution is 2.31. The van der Waals surface area contributed by atoms with Crippen molar-refractivity contribution in [1.82, 2.24) is 9.97 Å². The molecule has 21 heavy (non-hydrogen) atoms. The molecule has 2 aromatic rings. The molecule has 1 fully saturated rings. The third-order valence-corrected chi connectivity index (χ3v) is 3.62. The topological polar surface area (TPSA) is 64.3 Å². The monoisotopic (exact) mass is 308 g/mol. The van der Waals surface area contributed by atoms with Crippen molar-refractivity contribution in [2.75, 3.05) is 36.9 Å². The van der Waals surface area contributed by atoms with Crippen LogP contribution in [-0.2, 0) is 4.74 Å². The van der Waals surface area contributed by atoms with Crippen LogP contribution in [0.5, 0.6) is 0 Å². The Labute approximate surface area is 126 Å². The van der Waals surface area contributed by atoms with Gasteiger partial charge in [-0.15, -0.1) is 0 Å². The number of hydrogen-bond donors (Lipinski definition) is 1. The van der Waals surface area contributed by atoms with Gasteiger partial charge in [0.1, 0.15) is 11.6 Å². The fourth-order valence-electron chi connectivity index (χ4n) is 2.27. The van der Waals surface area contributed by atoms with E-state index >= 15 is 0 Å². The lowest BCUT2D eigenvalue weighted by Crippen LogP contribution is -2.37. The Kier molecular flexibility index (Phi) is 3.90. The zero-order valence-corrected chi connectivity index (χ0v) is 12.0. The minimum Gasteiger partial charge on any atom is -0.378 e. The summed E-state index contributed by atoms with van der Waals surface area (Å²) in [6.07, 6.45) is 1.64.